The second-order valence-electron chi connectivity index (χ2n) is 24.9. The van der Waals surface area contributed by atoms with Crippen molar-refractivity contribution in [1.82, 2.24) is 16.0 Å². The molecule has 0 spiro atoms. The zero-order valence-electron chi connectivity index (χ0n) is 50.9. The van der Waals surface area contributed by atoms with Gasteiger partial charge in [-0.3, -0.25) is 28.8 Å². The topological polar surface area (TPSA) is 350 Å². The molecule has 2 saturated carbocycles. The normalized spacial score (nSPS) is 26.8. The Morgan fingerprint density at radius 3 is 2.01 bits per heavy atom. The Morgan fingerprint density at radius 2 is 1.45 bits per heavy atom. The zero-order chi connectivity index (χ0) is 64.3. The predicted molar refractivity (Wildman–Crippen MR) is 309 cm³/mol. The summed E-state index contributed by atoms with van der Waals surface area (Å²) in [5.41, 5.74) is -2.34. The van der Waals surface area contributed by atoms with Crippen LogP contribution in [0.4, 0.5) is 15.3 Å². The van der Waals surface area contributed by atoms with Gasteiger partial charge in [0.25, 0.3) is 0 Å². The number of hydrogen-bond acceptors (Lipinski definition) is 19. The molecule has 3 fully saturated rings. The first-order valence-corrected chi connectivity index (χ1v) is 28.7. The molecule has 3 aromatic carbocycles. The van der Waals surface area contributed by atoms with E-state index in [1.165, 1.54) is 69.3 Å². The maximum absolute atomic E-state index is 15.5. The second-order valence-corrected chi connectivity index (χ2v) is 24.9. The lowest BCUT2D eigenvalue weighted by Gasteiger charge is -2.68. The van der Waals surface area contributed by atoms with Crippen molar-refractivity contribution in [3.8, 4) is 0 Å². The number of carbonyl (C=O) groups excluding carboxylic acids is 10. The number of ether oxygens (including phenoxy) is 7. The molecular formula is C63H79N5O19. The van der Waals surface area contributed by atoms with E-state index in [0.717, 1.165) is 0 Å². The summed E-state index contributed by atoms with van der Waals surface area (Å²) in [6.07, 6.45) is -11.9. The minimum atomic E-state index is -2.41. The van der Waals surface area contributed by atoms with Gasteiger partial charge in [0.1, 0.15) is 60.4 Å². The van der Waals surface area contributed by atoms with E-state index in [0.29, 0.717) is 5.56 Å². The van der Waals surface area contributed by atoms with E-state index >= 15 is 9.59 Å². The van der Waals surface area contributed by atoms with Gasteiger partial charge in [-0.1, -0.05) is 102 Å². The summed E-state index contributed by atoms with van der Waals surface area (Å²) < 4.78 is 42.1. The number of anilines is 1. The quantitative estimate of drug-likeness (QED) is 0.0451. The van der Waals surface area contributed by atoms with Crippen LogP contribution in [0.5, 0.6) is 0 Å². The highest BCUT2D eigenvalue weighted by Gasteiger charge is 2.77. The molecule has 24 heteroatoms. The van der Waals surface area contributed by atoms with Gasteiger partial charge in [0.15, 0.2) is 11.4 Å². The van der Waals surface area contributed by atoms with Crippen molar-refractivity contribution in [2.45, 2.75) is 174 Å². The van der Waals surface area contributed by atoms with Gasteiger partial charge < -0.3 is 70.4 Å². The summed E-state index contributed by atoms with van der Waals surface area (Å²) in [5, 5.41) is 36.7. The third kappa shape index (κ3) is 14.0. The lowest BCUT2D eigenvalue weighted by atomic mass is 9.43. The molecule has 24 nitrogen and oxygen atoms in total. The number of carbonyl (C=O) groups is 10. The summed E-state index contributed by atoms with van der Waals surface area (Å²) >= 11 is 0. The van der Waals surface area contributed by atoms with E-state index in [-0.39, 0.29) is 41.0 Å². The number of benzene rings is 3. The summed E-state index contributed by atoms with van der Waals surface area (Å²) in [5.74, 6) is -9.08. The number of alkyl carbamates (subject to hydrolysis) is 1. The van der Waals surface area contributed by atoms with Crippen molar-refractivity contribution < 1.29 is 91.3 Å². The average Bonchev–Trinajstić information content (AvgIpc) is 0.674. The van der Waals surface area contributed by atoms with Crippen LogP contribution >= 0.6 is 0 Å². The summed E-state index contributed by atoms with van der Waals surface area (Å²) in [4.78, 5) is 137. The van der Waals surface area contributed by atoms with Crippen molar-refractivity contribution >= 4 is 65.3 Å². The number of ketones is 1. The smallest absolute Gasteiger partial charge is 0.455 e. The zero-order valence-corrected chi connectivity index (χ0v) is 50.9. The van der Waals surface area contributed by atoms with Gasteiger partial charge in [-0.05, 0) is 93.5 Å². The van der Waals surface area contributed by atoms with Gasteiger partial charge >= 0.3 is 30.2 Å². The average molecular weight is 1210 g/mol. The first kappa shape index (κ1) is 66.3. The minimum absolute atomic E-state index is 0.0650. The number of rotatable bonds is 19. The van der Waals surface area contributed by atoms with E-state index in [1.54, 1.807) is 98.7 Å². The third-order valence-corrected chi connectivity index (χ3v) is 17.1. The van der Waals surface area contributed by atoms with E-state index in [4.69, 9.17) is 38.9 Å². The predicted octanol–water partition coefficient (Wildman–Crippen LogP) is 5.36. The van der Waals surface area contributed by atoms with Crippen LogP contribution in [-0.2, 0) is 73.3 Å². The number of Topliss-reactive ketones (excluding diaryl/α,β-unsaturated/α-hetero) is 1. The number of amides is 5. The highest BCUT2D eigenvalue weighted by atomic mass is 16.7. The number of nitrogens with one attached hydrogen (secondary N) is 4. The Morgan fingerprint density at radius 1 is 0.828 bits per heavy atom. The van der Waals surface area contributed by atoms with E-state index in [9.17, 15) is 48.6 Å². The molecule has 87 heavy (non-hydrogen) atoms. The van der Waals surface area contributed by atoms with Crippen LogP contribution < -0.4 is 27.0 Å². The molecule has 3 aromatic rings. The third-order valence-electron chi connectivity index (χ3n) is 17.1. The fourth-order valence-corrected chi connectivity index (χ4v) is 12.3. The van der Waals surface area contributed by atoms with E-state index in [2.05, 4.69) is 21.3 Å². The van der Waals surface area contributed by atoms with E-state index < -0.39 is 173 Å². The lowest BCUT2D eigenvalue weighted by molar-refractivity contribution is -0.340. The van der Waals surface area contributed by atoms with Crippen LogP contribution in [0.1, 0.15) is 130 Å². The summed E-state index contributed by atoms with van der Waals surface area (Å²) in [6.45, 7) is 17.9. The number of hydrogen-bond donors (Lipinski definition) is 7. The van der Waals surface area contributed by atoms with Gasteiger partial charge in [0, 0.05) is 35.8 Å². The number of fused-ring (bicyclic) bond motifs is 5. The molecule has 0 radical (unpaired) electrons. The molecule has 3 aliphatic carbocycles. The van der Waals surface area contributed by atoms with Gasteiger partial charge in [0.2, 0.25) is 29.7 Å². The number of esters is 3. The molecule has 1 heterocycles. The van der Waals surface area contributed by atoms with Crippen molar-refractivity contribution in [3.05, 3.63) is 113 Å². The van der Waals surface area contributed by atoms with Gasteiger partial charge in [-0.2, -0.15) is 0 Å². The van der Waals surface area contributed by atoms with Crippen molar-refractivity contribution in [1.29, 1.82) is 0 Å². The number of aliphatic hydroxyl groups excluding tert-OH is 1. The van der Waals surface area contributed by atoms with Gasteiger partial charge in [-0.25, -0.2) is 19.2 Å². The second kappa shape index (κ2) is 26.0. The molecule has 13 atom stereocenters. The molecule has 7 rings (SSSR count). The van der Waals surface area contributed by atoms with Crippen molar-refractivity contribution in [2.24, 2.45) is 34.3 Å². The van der Waals surface area contributed by atoms with Crippen LogP contribution in [0.15, 0.2) is 96.1 Å². The maximum Gasteiger partial charge on any atom is 0.509 e. The SMILES string of the molecule is CC(=O)O[C@@]12COC1C[C@H](C)[C@@]1(C)C(=O)[C@H](O)C3=C(C)C(OC(=O)C(OC(=O)OCc4ccc(NC(=O)[C@@H](CC(N)=O)NC(=O)[C@@H](C)NC(=O)C(C)C)cc4)[C@@H](NC(=O)OC(C)(C)C)c4ccccc4)C[C@@](O)([C@@H](OC(=O)c4ccccc4)[C@@H]12)C3(C)C. The van der Waals surface area contributed by atoms with Crippen molar-refractivity contribution in [2.75, 3.05) is 11.9 Å². The Balaban J connectivity index is 1.22. The number of primary amides is 1. The Labute approximate surface area is 504 Å². The van der Waals surface area contributed by atoms with Crippen LogP contribution in [-0.4, -0.2) is 136 Å². The maximum atomic E-state index is 15.5. The molecule has 5 amide bonds. The van der Waals surface area contributed by atoms with Crippen LogP contribution in [0, 0.1) is 28.6 Å². The Kier molecular flexibility index (Phi) is 19.8. The number of nitrogens with two attached hydrogens (primary N) is 1. The van der Waals surface area contributed by atoms with E-state index in [1.807, 2.05) is 0 Å². The van der Waals surface area contributed by atoms with Crippen molar-refractivity contribution in [3.63, 3.8) is 0 Å². The van der Waals surface area contributed by atoms with Gasteiger partial charge in [0.05, 0.1) is 24.5 Å². The highest BCUT2D eigenvalue weighted by molar-refractivity contribution is 6.00. The Bertz CT molecular complexity index is 3160. The largest absolute Gasteiger partial charge is 0.509 e. The fourth-order valence-electron chi connectivity index (χ4n) is 12.3. The fraction of sp³-hybridized carbons (Fsp3) is 0.524. The number of aliphatic hydroxyl groups is 2. The minimum Gasteiger partial charge on any atom is -0.455 e. The monoisotopic (exact) mass is 1210 g/mol. The molecule has 1 saturated heterocycles. The molecule has 0 aromatic heterocycles. The molecule has 3 unspecified atom stereocenters. The molecule has 4 aliphatic rings. The standard InChI is InChI=1S/C63H79N5O19/c1-32(2)52(73)65-35(5)53(74)67-41(28-44(64)70)54(75)66-40-25-23-37(24-26-40)30-81-58(79)84-48(46(38-19-15-13-16-20-38)68-57(78)87-59(7,8)9)56(77)83-42-29-63(80)51(85-55(76)39-21-17-14-18-22-39)49-61(12,50(72)47(71)45(34(42)4)60(63,10)11)33(3)27-43-62(49,31-82-43)86-36(6)69/h13-26,32-33,35,41-43,46-49,51,71,80H,27-31H2,1-12H3,(H2,64,70)(H,65,73)(H,66,75)(H,67,74)(H,68,78)/t33-,35+,41+,42?,43?,46-,47+,48?,49-,51-,61+,62-,63+/m0/s1. The molecule has 1 aliphatic heterocycles. The van der Waals surface area contributed by atoms with Crippen LogP contribution in [0.2, 0.25) is 0 Å². The van der Waals surface area contributed by atoms with Crippen LogP contribution in [0.25, 0.3) is 0 Å². The lowest BCUT2D eigenvalue weighted by Crippen LogP contribution is -2.80. The van der Waals surface area contributed by atoms with Crippen LogP contribution in [0.3, 0.4) is 0 Å². The first-order valence-electron chi connectivity index (χ1n) is 28.7. The summed E-state index contributed by atoms with van der Waals surface area (Å²) in [6, 6.07) is 17.4. The van der Waals surface area contributed by atoms with Gasteiger partial charge in [-0.15, -0.1) is 0 Å². The summed E-state index contributed by atoms with van der Waals surface area (Å²) in [7, 11) is 0. The Hall–Kier alpha value is -8.22. The molecule has 2 bridgehead atoms. The molecule has 8 N–H and O–H groups in total. The highest BCUT2D eigenvalue weighted by Crippen LogP contribution is 2.65. The first-order chi connectivity index (χ1) is 40.6. The molecular weight excluding hydrogens is 1130 g/mol. The molecule has 470 valence electrons.